The summed E-state index contributed by atoms with van der Waals surface area (Å²) < 4.78 is 0. The smallest absolute Gasteiger partial charge is 0.269 e. The van der Waals surface area contributed by atoms with E-state index in [1.165, 1.54) is 6.07 Å². The van der Waals surface area contributed by atoms with Crippen molar-refractivity contribution in [2.75, 3.05) is 29.6 Å². The van der Waals surface area contributed by atoms with E-state index in [0.29, 0.717) is 17.1 Å². The number of nitrogens with zero attached hydrogens (tertiary/aromatic N) is 4. The standard InChI is InChI=1S/C24H29N7O2S/c1-15-14-18(31(32)33)12-13-20(15)28-24(34)26-17-10-8-16(9-11-17)25-23-27-21-7-5-4-6-19(21)22(29-23)30(2)3/h4-7,12-14,16-17H,8-11H2,1-3H3,(H,25,27,29)(H2,26,28,34)/t16-,17+. The molecule has 1 aliphatic carbocycles. The lowest BCUT2D eigenvalue weighted by Gasteiger charge is -2.30. The number of non-ortho nitro benzene ring substituents is 1. The van der Waals surface area contributed by atoms with E-state index in [1.54, 1.807) is 12.1 Å². The molecular weight excluding hydrogens is 450 g/mol. The molecule has 0 radical (unpaired) electrons. The first-order valence-electron chi connectivity index (χ1n) is 11.3. The maximum absolute atomic E-state index is 10.9. The average Bonchev–Trinajstić information content (AvgIpc) is 2.81. The quantitative estimate of drug-likeness (QED) is 0.265. The molecule has 4 rings (SSSR count). The van der Waals surface area contributed by atoms with Gasteiger partial charge in [0.2, 0.25) is 5.95 Å². The van der Waals surface area contributed by atoms with Gasteiger partial charge in [0.25, 0.3) is 5.69 Å². The van der Waals surface area contributed by atoms with Crippen molar-refractivity contribution in [3.05, 3.63) is 58.1 Å². The van der Waals surface area contributed by atoms with E-state index in [9.17, 15) is 10.1 Å². The summed E-state index contributed by atoms with van der Waals surface area (Å²) in [5.74, 6) is 1.56. The number of nitro benzene ring substituents is 1. The molecule has 0 spiro atoms. The van der Waals surface area contributed by atoms with E-state index in [2.05, 4.69) is 16.0 Å². The molecule has 34 heavy (non-hydrogen) atoms. The van der Waals surface area contributed by atoms with Gasteiger partial charge in [0, 0.05) is 49.4 Å². The zero-order valence-electron chi connectivity index (χ0n) is 19.5. The number of anilines is 3. The first-order valence-corrected chi connectivity index (χ1v) is 11.7. The van der Waals surface area contributed by atoms with Gasteiger partial charge in [-0.3, -0.25) is 10.1 Å². The first-order chi connectivity index (χ1) is 16.3. The van der Waals surface area contributed by atoms with Gasteiger partial charge in [-0.2, -0.15) is 4.98 Å². The second-order valence-corrected chi connectivity index (χ2v) is 9.24. The zero-order valence-corrected chi connectivity index (χ0v) is 20.4. The Morgan fingerprint density at radius 1 is 1.09 bits per heavy atom. The van der Waals surface area contributed by atoms with Crippen LogP contribution in [0.3, 0.4) is 0 Å². The molecule has 3 N–H and O–H groups in total. The highest BCUT2D eigenvalue weighted by atomic mass is 32.1. The topological polar surface area (TPSA) is 108 Å². The summed E-state index contributed by atoms with van der Waals surface area (Å²) in [6, 6.07) is 13.3. The van der Waals surface area contributed by atoms with Crippen LogP contribution in [-0.4, -0.2) is 46.2 Å². The Balaban J connectivity index is 1.32. The van der Waals surface area contributed by atoms with Crippen LogP contribution < -0.4 is 20.9 Å². The highest BCUT2D eigenvalue weighted by Crippen LogP contribution is 2.27. The average molecular weight is 480 g/mol. The van der Waals surface area contributed by atoms with Crippen LogP contribution in [0, 0.1) is 17.0 Å². The Hall–Kier alpha value is -3.53. The van der Waals surface area contributed by atoms with Gasteiger partial charge >= 0.3 is 0 Å². The Bertz CT molecular complexity index is 1210. The van der Waals surface area contributed by atoms with Crippen molar-refractivity contribution in [1.82, 2.24) is 15.3 Å². The number of hydrogen-bond acceptors (Lipinski definition) is 7. The molecule has 10 heteroatoms. The third kappa shape index (κ3) is 5.51. The molecule has 0 bridgehead atoms. The minimum absolute atomic E-state index is 0.0702. The van der Waals surface area contributed by atoms with Gasteiger partial charge in [-0.1, -0.05) is 12.1 Å². The van der Waals surface area contributed by atoms with Crippen LogP contribution in [0.5, 0.6) is 0 Å². The number of nitrogens with one attached hydrogen (secondary N) is 3. The molecule has 0 amide bonds. The molecule has 2 aromatic carbocycles. The van der Waals surface area contributed by atoms with Crippen LogP contribution in [-0.2, 0) is 0 Å². The number of thiocarbonyl (C=S) groups is 1. The molecule has 1 fully saturated rings. The van der Waals surface area contributed by atoms with E-state index in [-0.39, 0.29) is 11.7 Å². The summed E-state index contributed by atoms with van der Waals surface area (Å²) in [5, 5.41) is 22.6. The Labute approximate surface area is 204 Å². The number of aromatic nitrogens is 2. The van der Waals surface area contributed by atoms with Gasteiger partial charge in [-0.15, -0.1) is 0 Å². The van der Waals surface area contributed by atoms with Crippen molar-refractivity contribution < 1.29 is 4.92 Å². The predicted molar refractivity (Wildman–Crippen MR) is 141 cm³/mol. The van der Waals surface area contributed by atoms with Crippen molar-refractivity contribution in [3.63, 3.8) is 0 Å². The van der Waals surface area contributed by atoms with Gasteiger partial charge in [-0.25, -0.2) is 4.98 Å². The van der Waals surface area contributed by atoms with Crippen molar-refractivity contribution in [2.24, 2.45) is 0 Å². The maximum atomic E-state index is 10.9. The number of rotatable bonds is 6. The summed E-state index contributed by atoms with van der Waals surface area (Å²) in [6.07, 6.45) is 3.88. The number of benzene rings is 2. The Kier molecular flexibility index (Phi) is 7.06. The van der Waals surface area contributed by atoms with Crippen molar-refractivity contribution in [1.29, 1.82) is 0 Å². The lowest BCUT2D eigenvalue weighted by atomic mass is 9.91. The number of fused-ring (bicyclic) bond motifs is 1. The van der Waals surface area contributed by atoms with E-state index in [4.69, 9.17) is 22.2 Å². The van der Waals surface area contributed by atoms with Crippen LogP contribution >= 0.6 is 12.2 Å². The van der Waals surface area contributed by atoms with Crippen LogP contribution in [0.4, 0.5) is 23.1 Å². The van der Waals surface area contributed by atoms with Crippen LogP contribution in [0.2, 0.25) is 0 Å². The van der Waals surface area contributed by atoms with E-state index < -0.39 is 4.92 Å². The first kappa shape index (κ1) is 23.6. The monoisotopic (exact) mass is 479 g/mol. The fraction of sp³-hybridized carbons (Fsp3) is 0.375. The Morgan fingerprint density at radius 3 is 2.47 bits per heavy atom. The molecule has 0 atom stereocenters. The molecule has 178 valence electrons. The predicted octanol–water partition coefficient (Wildman–Crippen LogP) is 4.62. The summed E-state index contributed by atoms with van der Waals surface area (Å²) in [4.78, 5) is 22.0. The third-order valence-corrected chi connectivity index (χ3v) is 6.29. The van der Waals surface area contributed by atoms with Gasteiger partial charge in [0.15, 0.2) is 5.11 Å². The minimum atomic E-state index is -0.399. The molecule has 1 aliphatic rings. The fourth-order valence-corrected chi connectivity index (χ4v) is 4.55. The third-order valence-electron chi connectivity index (χ3n) is 6.07. The van der Waals surface area contributed by atoms with E-state index in [0.717, 1.165) is 53.7 Å². The highest BCUT2D eigenvalue weighted by Gasteiger charge is 2.23. The molecule has 0 unspecified atom stereocenters. The van der Waals surface area contributed by atoms with Gasteiger partial charge in [0.1, 0.15) is 5.82 Å². The van der Waals surface area contributed by atoms with Gasteiger partial charge in [-0.05, 0) is 68.6 Å². The molecule has 0 saturated heterocycles. The van der Waals surface area contributed by atoms with Crippen molar-refractivity contribution in [2.45, 2.75) is 44.7 Å². The number of hydrogen-bond donors (Lipinski definition) is 3. The van der Waals surface area contributed by atoms with Crippen molar-refractivity contribution >= 4 is 51.4 Å². The van der Waals surface area contributed by atoms with Crippen LogP contribution in [0.15, 0.2) is 42.5 Å². The van der Waals surface area contributed by atoms with Crippen LogP contribution in [0.25, 0.3) is 10.9 Å². The summed E-state index contributed by atoms with van der Waals surface area (Å²) in [6.45, 7) is 1.82. The normalized spacial score (nSPS) is 17.7. The molecule has 1 aromatic heterocycles. The molecule has 9 nitrogen and oxygen atoms in total. The highest BCUT2D eigenvalue weighted by molar-refractivity contribution is 7.80. The summed E-state index contributed by atoms with van der Waals surface area (Å²) >= 11 is 5.48. The summed E-state index contributed by atoms with van der Waals surface area (Å²) in [7, 11) is 3.98. The zero-order chi connectivity index (χ0) is 24.2. The lowest BCUT2D eigenvalue weighted by Crippen LogP contribution is -2.42. The molecule has 1 saturated carbocycles. The minimum Gasteiger partial charge on any atom is -0.362 e. The molecule has 0 aliphatic heterocycles. The Morgan fingerprint density at radius 2 is 1.79 bits per heavy atom. The SMILES string of the molecule is Cc1cc([N+](=O)[O-])ccc1NC(=S)N[C@H]1CC[C@@H](Nc2nc(N(C)C)c3ccccc3n2)CC1. The number of para-hydroxylation sites is 1. The maximum Gasteiger partial charge on any atom is 0.269 e. The second kappa shape index (κ2) is 10.2. The number of aryl methyl sites for hydroxylation is 1. The van der Waals surface area contributed by atoms with Gasteiger partial charge < -0.3 is 20.9 Å². The second-order valence-electron chi connectivity index (χ2n) is 8.83. The van der Waals surface area contributed by atoms with Gasteiger partial charge in [0.05, 0.1) is 10.4 Å². The fourth-order valence-electron chi connectivity index (χ4n) is 4.28. The summed E-state index contributed by atoms with van der Waals surface area (Å²) in [5.41, 5.74) is 2.54. The molecular formula is C24H29N7O2S. The largest absolute Gasteiger partial charge is 0.362 e. The van der Waals surface area contributed by atoms with E-state index in [1.807, 2.05) is 50.2 Å². The van der Waals surface area contributed by atoms with Crippen molar-refractivity contribution in [3.8, 4) is 0 Å². The molecule has 1 heterocycles. The molecule has 3 aromatic rings. The number of nitro groups is 1. The lowest BCUT2D eigenvalue weighted by molar-refractivity contribution is -0.384. The van der Waals surface area contributed by atoms with Crippen LogP contribution in [0.1, 0.15) is 31.2 Å². The van der Waals surface area contributed by atoms with E-state index >= 15 is 0 Å².